The zero-order valence-corrected chi connectivity index (χ0v) is 6.09. The fraction of sp³-hybridized carbons (Fsp3) is 0.667. The van der Waals surface area contributed by atoms with Gasteiger partial charge in [-0.25, -0.2) is 4.79 Å². The molecule has 0 fully saturated rings. The molecule has 0 aliphatic carbocycles. The van der Waals surface area contributed by atoms with Crippen molar-refractivity contribution in [1.29, 1.82) is 0 Å². The lowest BCUT2D eigenvalue weighted by molar-refractivity contribution is -0.308. The normalized spacial score (nSPS) is 12.5. The monoisotopic (exact) mass is 224 g/mol. The van der Waals surface area contributed by atoms with Crippen molar-refractivity contribution < 1.29 is 46.5 Å². The molecule has 2 N–H and O–H groups in total. The summed E-state index contributed by atoms with van der Waals surface area (Å²) in [7, 11) is -2.80. The number of carbonyl (C=O) groups is 1. The van der Waals surface area contributed by atoms with Crippen molar-refractivity contribution in [3.63, 3.8) is 0 Å². The van der Waals surface area contributed by atoms with Gasteiger partial charge in [-0.1, -0.05) is 0 Å². The van der Waals surface area contributed by atoms with E-state index in [0.29, 0.717) is 0 Å². The first kappa shape index (κ1) is 13.1. The lowest BCUT2D eigenvalue weighted by Gasteiger charge is -2.16. The Hall–Kier alpha value is -0.935. The zero-order chi connectivity index (χ0) is 11.6. The highest BCUT2D eigenvalue weighted by Crippen LogP contribution is 2.36. The van der Waals surface area contributed by atoms with Gasteiger partial charge in [0.15, 0.2) is 0 Å². The maximum atomic E-state index is 11.9. The molecule has 5 nitrogen and oxygen atoms in total. The Balaban J connectivity index is 4.38. The van der Waals surface area contributed by atoms with Crippen molar-refractivity contribution in [3.05, 3.63) is 0 Å². The van der Waals surface area contributed by atoms with Gasteiger partial charge >= 0.3 is 25.4 Å². The quantitative estimate of drug-likeness (QED) is 0.296. The van der Waals surface area contributed by atoms with Crippen LogP contribution in [-0.2, 0) is 14.5 Å². The topological polar surface area (TPSA) is 76.0 Å². The molecule has 0 amide bonds. The van der Waals surface area contributed by atoms with Crippen molar-refractivity contribution in [1.82, 2.24) is 0 Å². The third kappa shape index (κ3) is 3.08. The molecule has 0 rings (SSSR count). The molecule has 0 atom stereocenters. The molecule has 11 heteroatoms. The predicted molar refractivity (Wildman–Crippen MR) is 28.4 cm³/mol. The van der Waals surface area contributed by atoms with Gasteiger partial charge in [0.1, 0.15) is 0 Å². The van der Waals surface area contributed by atoms with E-state index in [1.165, 1.54) is 0 Å². The first-order valence-corrected chi connectivity index (χ1v) is 2.77. The Morgan fingerprint density at radius 2 is 1.57 bits per heavy atom. The maximum Gasteiger partial charge on any atom is 0.673 e. The number of rotatable bonds is 3. The van der Waals surface area contributed by atoms with Crippen LogP contribution in [0.1, 0.15) is 0 Å². The Morgan fingerprint density at radius 1 is 1.14 bits per heavy atom. The van der Waals surface area contributed by atoms with Crippen LogP contribution in [0, 0.1) is 0 Å². The molecule has 0 radical (unpaired) electrons. The van der Waals surface area contributed by atoms with Crippen molar-refractivity contribution in [2.75, 3.05) is 0 Å². The van der Waals surface area contributed by atoms with Gasteiger partial charge in [-0.15, -0.1) is 0 Å². The van der Waals surface area contributed by atoms with Gasteiger partial charge in [-0.3, -0.25) is 0 Å². The van der Waals surface area contributed by atoms with E-state index in [9.17, 15) is 26.7 Å². The van der Waals surface area contributed by atoms with Gasteiger partial charge in [-0.05, 0) is 0 Å². The summed E-state index contributed by atoms with van der Waals surface area (Å²) >= 11 is 0. The van der Waals surface area contributed by atoms with E-state index < -0.39 is 25.4 Å². The summed E-state index contributed by atoms with van der Waals surface area (Å²) < 4.78 is 58.0. The van der Waals surface area contributed by atoms with Crippen LogP contribution in [0.15, 0.2) is 0 Å². The van der Waals surface area contributed by atoms with Crippen molar-refractivity contribution in [2.24, 2.45) is 0 Å². The molecule has 82 valence electrons. The molecule has 0 aliphatic heterocycles. The van der Waals surface area contributed by atoms with Crippen molar-refractivity contribution in [2.45, 2.75) is 12.1 Å². The average molecular weight is 224 g/mol. The summed E-state index contributed by atoms with van der Waals surface area (Å²) in [6.45, 7) is 0. The summed E-state index contributed by atoms with van der Waals surface area (Å²) in [5.41, 5.74) is 0. The second kappa shape index (κ2) is 4.06. The SMILES string of the molecule is O=C(OOB(O)O)C(F)(F)C(F)(F)F. The summed E-state index contributed by atoms with van der Waals surface area (Å²) in [4.78, 5) is 15.7. The van der Waals surface area contributed by atoms with Gasteiger partial charge in [0.05, 0.1) is 0 Å². The Morgan fingerprint density at radius 3 is 1.86 bits per heavy atom. The average Bonchev–Trinajstić information content (AvgIpc) is 1.97. The van der Waals surface area contributed by atoms with Crippen molar-refractivity contribution in [3.8, 4) is 0 Å². The first-order valence-electron chi connectivity index (χ1n) is 2.77. The van der Waals surface area contributed by atoms with E-state index in [1.54, 1.807) is 0 Å². The smallest absolute Gasteiger partial charge is 0.400 e. The van der Waals surface area contributed by atoms with E-state index in [0.717, 1.165) is 0 Å². The van der Waals surface area contributed by atoms with Crippen LogP contribution < -0.4 is 0 Å². The highest BCUT2D eigenvalue weighted by Gasteiger charge is 2.65. The minimum atomic E-state index is -6.14. The minimum Gasteiger partial charge on any atom is -0.400 e. The molecule has 0 heterocycles. The zero-order valence-electron chi connectivity index (χ0n) is 6.09. The fourth-order valence-electron chi connectivity index (χ4n) is 0.255. The van der Waals surface area contributed by atoms with Crippen LogP contribution in [-0.4, -0.2) is 35.4 Å². The summed E-state index contributed by atoms with van der Waals surface area (Å²) in [6, 6.07) is 0. The van der Waals surface area contributed by atoms with Crippen LogP contribution in [0.3, 0.4) is 0 Å². The molecule has 0 aliphatic rings. The number of hydrogen-bond donors (Lipinski definition) is 2. The van der Waals surface area contributed by atoms with Gasteiger partial charge in [0, 0.05) is 0 Å². The molecule has 0 saturated carbocycles. The maximum absolute atomic E-state index is 11.9. The summed E-state index contributed by atoms with van der Waals surface area (Å²) in [6.07, 6.45) is -6.14. The Bertz CT molecular complexity index is 214. The van der Waals surface area contributed by atoms with Crippen molar-refractivity contribution >= 4 is 13.3 Å². The Labute approximate surface area is 73.1 Å². The third-order valence-corrected chi connectivity index (χ3v) is 0.822. The van der Waals surface area contributed by atoms with Gasteiger partial charge < -0.3 is 14.9 Å². The molecule has 0 spiro atoms. The Kier molecular flexibility index (Phi) is 3.79. The van der Waals surface area contributed by atoms with Crippen LogP contribution >= 0.6 is 0 Å². The molecule has 0 bridgehead atoms. The van der Waals surface area contributed by atoms with Crippen LogP contribution in [0.2, 0.25) is 0 Å². The number of alkyl halides is 5. The standard InChI is InChI=1S/C3H2BF5O5/c5-2(6,3(7,8)9)1(10)13-14-4(11)12/h11-12H. The molecule has 0 aromatic rings. The third-order valence-electron chi connectivity index (χ3n) is 0.822. The summed E-state index contributed by atoms with van der Waals surface area (Å²) in [5.74, 6) is -8.87. The van der Waals surface area contributed by atoms with Crippen LogP contribution in [0.5, 0.6) is 0 Å². The molecule has 0 aromatic carbocycles. The molecule has 0 saturated heterocycles. The lowest BCUT2D eigenvalue weighted by Crippen LogP contribution is -2.45. The largest absolute Gasteiger partial charge is 0.673 e. The highest BCUT2D eigenvalue weighted by atomic mass is 19.4. The number of carbonyl (C=O) groups excluding carboxylic acids is 1. The van der Waals surface area contributed by atoms with E-state index in [-0.39, 0.29) is 0 Å². The molecule has 14 heavy (non-hydrogen) atoms. The first-order chi connectivity index (χ1) is 6.09. The van der Waals surface area contributed by atoms with E-state index in [1.807, 2.05) is 0 Å². The van der Waals surface area contributed by atoms with E-state index in [4.69, 9.17) is 10.0 Å². The van der Waals surface area contributed by atoms with Crippen LogP contribution in [0.4, 0.5) is 22.0 Å². The van der Waals surface area contributed by atoms with Crippen LogP contribution in [0.25, 0.3) is 0 Å². The second-order valence-corrected chi connectivity index (χ2v) is 1.87. The van der Waals surface area contributed by atoms with Gasteiger partial charge in [0.2, 0.25) is 0 Å². The number of hydrogen-bond acceptors (Lipinski definition) is 5. The molecular formula is C3H2BF5O5. The van der Waals surface area contributed by atoms with Gasteiger partial charge in [0.25, 0.3) is 0 Å². The highest BCUT2D eigenvalue weighted by molar-refractivity contribution is 6.32. The summed E-state index contributed by atoms with van der Waals surface area (Å²) in [5, 5.41) is 15.6. The van der Waals surface area contributed by atoms with Gasteiger partial charge in [-0.2, -0.15) is 26.8 Å². The van der Waals surface area contributed by atoms with E-state index in [2.05, 4.69) is 9.69 Å². The fourth-order valence-corrected chi connectivity index (χ4v) is 0.255. The minimum absolute atomic E-state index is 2.79. The molecular weight excluding hydrogens is 222 g/mol. The lowest BCUT2D eigenvalue weighted by atomic mass is 10.3. The molecule has 0 aromatic heterocycles. The predicted octanol–water partition coefficient (Wildman–Crippen LogP) is -0.372. The number of halogens is 5. The second-order valence-electron chi connectivity index (χ2n) is 1.87. The van der Waals surface area contributed by atoms with E-state index >= 15 is 0 Å². The molecule has 0 unspecified atom stereocenters.